The van der Waals surface area contributed by atoms with Crippen molar-refractivity contribution in [2.75, 3.05) is 19.0 Å². The third kappa shape index (κ3) is 3.00. The summed E-state index contributed by atoms with van der Waals surface area (Å²) in [5, 5.41) is 16.3. The highest BCUT2D eigenvalue weighted by molar-refractivity contribution is 5.73. The molecule has 0 aliphatic carbocycles. The number of hydrogen-bond donors (Lipinski definition) is 1. The summed E-state index contributed by atoms with van der Waals surface area (Å²) in [6.07, 6.45) is 2.58. The largest absolute Gasteiger partial charge is 0.497 e. The summed E-state index contributed by atoms with van der Waals surface area (Å²) in [5.41, 5.74) is 5.87. The number of rotatable bonds is 5. The summed E-state index contributed by atoms with van der Waals surface area (Å²) in [5.74, 6) is 1.81. The van der Waals surface area contributed by atoms with E-state index in [1.165, 1.54) is 11.1 Å². The number of hydrogen-bond acceptors (Lipinski definition) is 6. The lowest BCUT2D eigenvalue weighted by molar-refractivity contribution is 0.357. The Labute approximate surface area is 161 Å². The van der Waals surface area contributed by atoms with Gasteiger partial charge in [-0.3, -0.25) is 0 Å². The number of fused-ring (bicyclic) bond motifs is 2. The first kappa shape index (κ1) is 16.6. The average Bonchev–Trinajstić information content (AvgIpc) is 3.40. The Morgan fingerprint density at radius 2 is 2.04 bits per heavy atom. The second-order valence-electron chi connectivity index (χ2n) is 6.66. The molecular formula is C21H19N5O2. The quantitative estimate of drug-likeness (QED) is 0.578. The van der Waals surface area contributed by atoms with E-state index in [0.717, 1.165) is 41.5 Å². The van der Waals surface area contributed by atoms with E-state index < -0.39 is 0 Å². The highest BCUT2D eigenvalue weighted by atomic mass is 16.5. The Bertz CT molecular complexity index is 1140. The standard InChI is InChI=1S/C21H19N5O2/c1-27-17-5-3-15(4-6-17)18-11-19(21-24-23-13-26(21)25-18)22-12-14-2-7-20-16(10-14)8-9-28-20/h2-7,10-11,13,22H,8-9,12H2,1H3. The van der Waals surface area contributed by atoms with E-state index in [4.69, 9.17) is 9.47 Å². The summed E-state index contributed by atoms with van der Waals surface area (Å²) in [4.78, 5) is 0. The topological polar surface area (TPSA) is 73.6 Å². The molecule has 2 aromatic heterocycles. The van der Waals surface area contributed by atoms with Gasteiger partial charge in [-0.15, -0.1) is 10.2 Å². The lowest BCUT2D eigenvalue weighted by atomic mass is 10.1. The number of aromatic nitrogens is 4. The van der Waals surface area contributed by atoms with Crippen molar-refractivity contribution in [3.8, 4) is 22.8 Å². The number of anilines is 1. The zero-order chi connectivity index (χ0) is 18.9. The van der Waals surface area contributed by atoms with E-state index in [-0.39, 0.29) is 0 Å². The van der Waals surface area contributed by atoms with Gasteiger partial charge in [-0.25, -0.2) is 0 Å². The van der Waals surface area contributed by atoms with Crippen LogP contribution in [-0.2, 0) is 13.0 Å². The van der Waals surface area contributed by atoms with Gasteiger partial charge >= 0.3 is 0 Å². The summed E-state index contributed by atoms with van der Waals surface area (Å²) in [6.45, 7) is 1.45. The van der Waals surface area contributed by atoms with Crippen molar-refractivity contribution in [2.45, 2.75) is 13.0 Å². The maximum Gasteiger partial charge on any atom is 0.200 e. The van der Waals surface area contributed by atoms with Crippen LogP contribution in [0.3, 0.4) is 0 Å². The smallest absolute Gasteiger partial charge is 0.200 e. The third-order valence-electron chi connectivity index (χ3n) is 4.89. The zero-order valence-corrected chi connectivity index (χ0v) is 15.4. The highest BCUT2D eigenvalue weighted by Crippen LogP contribution is 2.28. The van der Waals surface area contributed by atoms with Gasteiger partial charge in [0.1, 0.15) is 17.8 Å². The molecule has 140 valence electrons. The summed E-state index contributed by atoms with van der Waals surface area (Å²) < 4.78 is 12.5. The molecule has 0 bridgehead atoms. The van der Waals surface area contributed by atoms with Crippen LogP contribution in [-0.4, -0.2) is 33.5 Å². The van der Waals surface area contributed by atoms with Gasteiger partial charge in [0.25, 0.3) is 0 Å². The molecule has 0 saturated heterocycles. The Balaban J connectivity index is 1.45. The van der Waals surface area contributed by atoms with Gasteiger partial charge in [0, 0.05) is 18.5 Å². The van der Waals surface area contributed by atoms with Crippen LogP contribution >= 0.6 is 0 Å². The van der Waals surface area contributed by atoms with Crippen molar-refractivity contribution < 1.29 is 9.47 Å². The molecular weight excluding hydrogens is 354 g/mol. The van der Waals surface area contributed by atoms with Crippen LogP contribution < -0.4 is 14.8 Å². The molecule has 7 nitrogen and oxygen atoms in total. The van der Waals surface area contributed by atoms with Gasteiger partial charge in [-0.05, 0) is 47.5 Å². The molecule has 7 heteroatoms. The van der Waals surface area contributed by atoms with Crippen molar-refractivity contribution in [1.82, 2.24) is 19.8 Å². The molecule has 3 heterocycles. The average molecular weight is 373 g/mol. The first-order valence-electron chi connectivity index (χ1n) is 9.14. The minimum absolute atomic E-state index is 0.682. The van der Waals surface area contributed by atoms with Gasteiger partial charge in [0.05, 0.1) is 25.1 Å². The number of nitrogens with zero attached hydrogens (tertiary/aromatic N) is 4. The monoisotopic (exact) mass is 373 g/mol. The number of benzene rings is 2. The van der Waals surface area contributed by atoms with Gasteiger partial charge in [0.15, 0.2) is 0 Å². The second kappa shape index (κ2) is 6.84. The molecule has 1 aliphatic rings. The van der Waals surface area contributed by atoms with Gasteiger partial charge < -0.3 is 14.8 Å². The molecule has 0 unspecified atom stereocenters. The molecule has 0 fully saturated rings. The Morgan fingerprint density at radius 1 is 1.14 bits per heavy atom. The summed E-state index contributed by atoms with van der Waals surface area (Å²) in [7, 11) is 1.66. The van der Waals surface area contributed by atoms with Gasteiger partial charge in [-0.2, -0.15) is 9.61 Å². The van der Waals surface area contributed by atoms with E-state index in [1.54, 1.807) is 18.0 Å². The van der Waals surface area contributed by atoms with Crippen molar-refractivity contribution >= 4 is 11.3 Å². The van der Waals surface area contributed by atoms with Gasteiger partial charge in [0.2, 0.25) is 5.65 Å². The van der Waals surface area contributed by atoms with Crippen LogP contribution in [0.2, 0.25) is 0 Å². The van der Waals surface area contributed by atoms with Crippen molar-refractivity contribution in [1.29, 1.82) is 0 Å². The Hall–Kier alpha value is -3.61. The Morgan fingerprint density at radius 3 is 2.89 bits per heavy atom. The summed E-state index contributed by atoms with van der Waals surface area (Å²) >= 11 is 0. The molecule has 4 aromatic rings. The molecule has 1 aliphatic heterocycles. The molecule has 5 rings (SSSR count). The normalized spacial score (nSPS) is 12.6. The van der Waals surface area contributed by atoms with Crippen LogP contribution in [0.5, 0.6) is 11.5 Å². The first-order valence-corrected chi connectivity index (χ1v) is 9.14. The lowest BCUT2D eigenvalue weighted by Gasteiger charge is -2.11. The molecule has 28 heavy (non-hydrogen) atoms. The van der Waals surface area contributed by atoms with E-state index in [2.05, 4.69) is 32.7 Å². The SMILES string of the molecule is COc1ccc(-c2cc(NCc3ccc4c(c3)CCO4)c3nncn3n2)cc1. The number of methoxy groups -OCH3 is 1. The predicted molar refractivity (Wildman–Crippen MR) is 106 cm³/mol. The van der Waals surface area contributed by atoms with Crippen molar-refractivity contribution in [2.24, 2.45) is 0 Å². The predicted octanol–water partition coefficient (Wildman–Crippen LogP) is 3.35. The fraction of sp³-hybridized carbons (Fsp3) is 0.190. The second-order valence-corrected chi connectivity index (χ2v) is 6.66. The van der Waals surface area contributed by atoms with E-state index in [0.29, 0.717) is 12.2 Å². The fourth-order valence-electron chi connectivity index (χ4n) is 3.41. The molecule has 2 aromatic carbocycles. The van der Waals surface area contributed by atoms with E-state index in [1.807, 2.05) is 36.4 Å². The molecule has 1 N–H and O–H groups in total. The Kier molecular flexibility index (Phi) is 4.05. The number of nitrogens with one attached hydrogen (secondary N) is 1. The summed E-state index contributed by atoms with van der Waals surface area (Å²) in [6, 6.07) is 16.2. The van der Waals surface area contributed by atoms with Crippen LogP contribution in [0.15, 0.2) is 54.9 Å². The van der Waals surface area contributed by atoms with Crippen LogP contribution in [0.1, 0.15) is 11.1 Å². The van der Waals surface area contributed by atoms with Crippen LogP contribution in [0, 0.1) is 0 Å². The minimum atomic E-state index is 0.682. The third-order valence-corrected chi connectivity index (χ3v) is 4.89. The van der Waals surface area contributed by atoms with Crippen LogP contribution in [0.4, 0.5) is 5.69 Å². The van der Waals surface area contributed by atoms with Gasteiger partial charge in [-0.1, -0.05) is 12.1 Å². The number of ether oxygens (including phenoxy) is 2. The molecule has 0 saturated carbocycles. The van der Waals surface area contributed by atoms with Crippen LogP contribution in [0.25, 0.3) is 16.9 Å². The molecule has 0 amide bonds. The molecule has 0 spiro atoms. The molecule has 0 atom stereocenters. The zero-order valence-electron chi connectivity index (χ0n) is 15.4. The fourth-order valence-corrected chi connectivity index (χ4v) is 3.41. The first-order chi connectivity index (χ1) is 13.8. The van der Waals surface area contributed by atoms with Crippen molar-refractivity contribution in [3.05, 3.63) is 66.0 Å². The minimum Gasteiger partial charge on any atom is -0.497 e. The lowest BCUT2D eigenvalue weighted by Crippen LogP contribution is -2.04. The molecule has 0 radical (unpaired) electrons. The highest BCUT2D eigenvalue weighted by Gasteiger charge is 2.13. The van der Waals surface area contributed by atoms with E-state index >= 15 is 0 Å². The maximum absolute atomic E-state index is 5.59. The van der Waals surface area contributed by atoms with E-state index in [9.17, 15) is 0 Å². The maximum atomic E-state index is 5.59. The van der Waals surface area contributed by atoms with Crippen molar-refractivity contribution in [3.63, 3.8) is 0 Å².